The summed E-state index contributed by atoms with van der Waals surface area (Å²) in [4.78, 5) is 0. The molecular weight excluding hydrogens is 129 g/mol. The molecule has 0 N–H and O–H groups in total. The molecule has 2 heteroatoms. The lowest BCUT2D eigenvalue weighted by Crippen LogP contribution is -1.91. The molecule has 10 heavy (non-hydrogen) atoms. The van der Waals surface area contributed by atoms with E-state index < -0.39 is 0 Å². The first-order chi connectivity index (χ1) is 4.74. The first kappa shape index (κ1) is 7.01. The molecule has 1 nitrogen and oxygen atoms in total. The molecule has 0 unspecified atom stereocenters. The predicted molar refractivity (Wildman–Crippen MR) is 36.7 cm³/mol. The van der Waals surface area contributed by atoms with Crippen LogP contribution in [-0.4, -0.2) is 0 Å². The van der Waals surface area contributed by atoms with Crippen molar-refractivity contribution in [2.75, 3.05) is 0 Å². The molecule has 0 bridgehead atoms. The van der Waals surface area contributed by atoms with Gasteiger partial charge in [0.15, 0.2) is 0 Å². The Morgan fingerprint density at radius 2 is 2.30 bits per heavy atom. The van der Waals surface area contributed by atoms with E-state index in [0.29, 0.717) is 6.42 Å². The van der Waals surface area contributed by atoms with Crippen LogP contribution in [0.25, 0.3) is 0 Å². The topological polar surface area (TPSA) is 23.8 Å². The zero-order chi connectivity index (χ0) is 7.56. The largest absolute Gasteiger partial charge is 0.210 e. The van der Waals surface area contributed by atoms with Crippen molar-refractivity contribution in [2.45, 2.75) is 19.8 Å². The molecule has 0 heterocycles. The van der Waals surface area contributed by atoms with E-state index in [0.717, 1.165) is 12.0 Å². The Morgan fingerprint density at radius 1 is 1.60 bits per heavy atom. The average molecular weight is 137 g/mol. The lowest BCUT2D eigenvalue weighted by atomic mass is 10.0. The summed E-state index contributed by atoms with van der Waals surface area (Å²) in [5.41, 5.74) is 1.28. The number of halogens is 1. The van der Waals surface area contributed by atoms with Gasteiger partial charge in [0, 0.05) is 6.42 Å². The van der Waals surface area contributed by atoms with Crippen molar-refractivity contribution in [1.29, 1.82) is 5.26 Å². The van der Waals surface area contributed by atoms with Crippen LogP contribution in [0.5, 0.6) is 0 Å². The Morgan fingerprint density at radius 3 is 2.80 bits per heavy atom. The Balaban J connectivity index is 2.95. The van der Waals surface area contributed by atoms with Gasteiger partial charge in [0.05, 0.1) is 5.57 Å². The molecule has 1 aliphatic carbocycles. The van der Waals surface area contributed by atoms with Gasteiger partial charge in [-0.25, -0.2) is 4.39 Å². The number of hydrogen-bond donors (Lipinski definition) is 0. The molecule has 0 fully saturated rings. The molecule has 0 amide bonds. The SMILES string of the molecule is CC1=CC(C#N)=C(F)CC1. The van der Waals surface area contributed by atoms with E-state index in [-0.39, 0.29) is 11.4 Å². The van der Waals surface area contributed by atoms with Crippen molar-refractivity contribution in [1.82, 2.24) is 0 Å². The van der Waals surface area contributed by atoms with Gasteiger partial charge >= 0.3 is 0 Å². The summed E-state index contributed by atoms with van der Waals surface area (Å²) in [6, 6.07) is 1.81. The van der Waals surface area contributed by atoms with E-state index in [2.05, 4.69) is 0 Å². The molecule has 0 aromatic heterocycles. The van der Waals surface area contributed by atoms with E-state index in [1.165, 1.54) is 0 Å². The van der Waals surface area contributed by atoms with Crippen LogP contribution in [0.15, 0.2) is 23.0 Å². The van der Waals surface area contributed by atoms with Gasteiger partial charge in [0.2, 0.25) is 0 Å². The lowest BCUT2D eigenvalue weighted by Gasteiger charge is -2.06. The van der Waals surface area contributed by atoms with Crippen LogP contribution < -0.4 is 0 Å². The van der Waals surface area contributed by atoms with Gasteiger partial charge < -0.3 is 0 Å². The van der Waals surface area contributed by atoms with Crippen LogP contribution in [0.1, 0.15) is 19.8 Å². The second kappa shape index (κ2) is 2.66. The summed E-state index contributed by atoms with van der Waals surface area (Å²) in [5, 5.41) is 8.39. The van der Waals surface area contributed by atoms with Gasteiger partial charge in [-0.3, -0.25) is 0 Å². The van der Waals surface area contributed by atoms with Gasteiger partial charge in [0.25, 0.3) is 0 Å². The second-order valence-corrected chi connectivity index (χ2v) is 2.42. The van der Waals surface area contributed by atoms with Crippen molar-refractivity contribution in [2.24, 2.45) is 0 Å². The molecule has 0 atom stereocenters. The van der Waals surface area contributed by atoms with Crippen LogP contribution in [0.2, 0.25) is 0 Å². The third kappa shape index (κ3) is 1.24. The fraction of sp³-hybridized carbons (Fsp3) is 0.375. The number of allylic oxidation sites excluding steroid dienone is 4. The van der Waals surface area contributed by atoms with Gasteiger partial charge in [-0.1, -0.05) is 5.57 Å². The maximum absolute atomic E-state index is 12.6. The van der Waals surface area contributed by atoms with E-state index in [1.54, 1.807) is 6.08 Å². The minimum Gasteiger partial charge on any atom is -0.210 e. The summed E-state index contributed by atoms with van der Waals surface area (Å²) in [6.45, 7) is 1.91. The van der Waals surface area contributed by atoms with E-state index in [9.17, 15) is 4.39 Å². The highest BCUT2D eigenvalue weighted by atomic mass is 19.1. The maximum atomic E-state index is 12.6. The first-order valence-electron chi connectivity index (χ1n) is 3.20. The third-order valence-electron chi connectivity index (χ3n) is 1.54. The first-order valence-corrected chi connectivity index (χ1v) is 3.20. The molecule has 0 radical (unpaired) electrons. The summed E-state index contributed by atoms with van der Waals surface area (Å²) < 4.78 is 12.6. The quantitative estimate of drug-likeness (QED) is 0.503. The molecule has 0 aromatic carbocycles. The molecule has 1 rings (SSSR count). The van der Waals surface area contributed by atoms with Crippen molar-refractivity contribution in [3.63, 3.8) is 0 Å². The van der Waals surface area contributed by atoms with E-state index in [1.807, 2.05) is 13.0 Å². The molecule has 0 saturated carbocycles. The standard InChI is InChI=1S/C8H8FN/c1-6-2-3-8(9)7(4-6)5-10/h4H,2-3H2,1H3. The normalized spacial score (nSPS) is 18.3. The molecule has 0 aromatic rings. The summed E-state index contributed by atoms with van der Waals surface area (Å²) in [6.07, 6.45) is 2.75. The smallest absolute Gasteiger partial charge is 0.118 e. The van der Waals surface area contributed by atoms with Crippen molar-refractivity contribution in [3.05, 3.63) is 23.0 Å². The van der Waals surface area contributed by atoms with Crippen molar-refractivity contribution < 1.29 is 4.39 Å². The van der Waals surface area contributed by atoms with Crippen LogP contribution in [0.3, 0.4) is 0 Å². The minimum absolute atomic E-state index is 0.198. The van der Waals surface area contributed by atoms with E-state index in [4.69, 9.17) is 5.26 Å². The molecular formula is C8H8FN. The van der Waals surface area contributed by atoms with Crippen molar-refractivity contribution >= 4 is 0 Å². The average Bonchev–Trinajstić information content (AvgIpc) is 1.94. The number of nitrogens with zero attached hydrogens (tertiary/aromatic N) is 1. The zero-order valence-corrected chi connectivity index (χ0v) is 5.82. The third-order valence-corrected chi connectivity index (χ3v) is 1.54. The van der Waals surface area contributed by atoms with Crippen LogP contribution in [-0.2, 0) is 0 Å². The monoisotopic (exact) mass is 137 g/mol. The van der Waals surface area contributed by atoms with Crippen LogP contribution >= 0.6 is 0 Å². The highest BCUT2D eigenvalue weighted by Gasteiger charge is 2.09. The Hall–Kier alpha value is -1.10. The summed E-state index contributed by atoms with van der Waals surface area (Å²) in [7, 11) is 0. The van der Waals surface area contributed by atoms with Crippen LogP contribution in [0.4, 0.5) is 4.39 Å². The molecule has 52 valence electrons. The molecule has 0 aliphatic heterocycles. The second-order valence-electron chi connectivity index (χ2n) is 2.42. The molecule has 0 saturated heterocycles. The Labute approximate surface area is 59.5 Å². The fourth-order valence-electron chi connectivity index (χ4n) is 0.931. The van der Waals surface area contributed by atoms with Crippen molar-refractivity contribution in [3.8, 4) is 6.07 Å². The number of rotatable bonds is 0. The Kier molecular flexibility index (Phi) is 1.86. The minimum atomic E-state index is -0.270. The van der Waals surface area contributed by atoms with Crippen LogP contribution in [0, 0.1) is 11.3 Å². The Bertz CT molecular complexity index is 242. The summed E-state index contributed by atoms with van der Waals surface area (Å²) >= 11 is 0. The zero-order valence-electron chi connectivity index (χ0n) is 5.82. The fourth-order valence-corrected chi connectivity index (χ4v) is 0.931. The number of nitriles is 1. The van der Waals surface area contributed by atoms with Gasteiger partial charge in [-0.15, -0.1) is 0 Å². The van der Waals surface area contributed by atoms with E-state index >= 15 is 0 Å². The molecule has 0 spiro atoms. The lowest BCUT2D eigenvalue weighted by molar-refractivity contribution is 0.576. The number of hydrogen-bond acceptors (Lipinski definition) is 1. The highest BCUT2D eigenvalue weighted by molar-refractivity contribution is 5.40. The predicted octanol–water partition coefficient (Wildman–Crippen LogP) is 2.47. The summed E-state index contributed by atoms with van der Waals surface area (Å²) in [5.74, 6) is -0.270. The van der Waals surface area contributed by atoms with Gasteiger partial charge in [0.1, 0.15) is 11.9 Å². The van der Waals surface area contributed by atoms with Gasteiger partial charge in [-0.2, -0.15) is 5.26 Å². The highest BCUT2D eigenvalue weighted by Crippen LogP contribution is 2.23. The van der Waals surface area contributed by atoms with Gasteiger partial charge in [-0.05, 0) is 19.4 Å². The maximum Gasteiger partial charge on any atom is 0.118 e. The molecule has 1 aliphatic rings.